The summed E-state index contributed by atoms with van der Waals surface area (Å²) in [6, 6.07) is 15.7. The van der Waals surface area contributed by atoms with Crippen LogP contribution in [-0.2, 0) is 9.59 Å². The van der Waals surface area contributed by atoms with Gasteiger partial charge in [-0.1, -0.05) is 44.5 Å². The lowest BCUT2D eigenvalue weighted by Crippen LogP contribution is -2.74. The van der Waals surface area contributed by atoms with Crippen LogP contribution >= 0.6 is 11.6 Å². The highest BCUT2D eigenvalue weighted by Gasteiger charge is 2.64. The second-order valence-electron chi connectivity index (χ2n) is 19.3. The molecular weight excluding hydrogens is 808 g/mol. The van der Waals surface area contributed by atoms with Crippen molar-refractivity contribution < 1.29 is 19.1 Å². The number of aromatic nitrogens is 4. The average molecular weight is 861 g/mol. The first kappa shape index (κ1) is 41.7. The van der Waals surface area contributed by atoms with E-state index >= 15 is 0 Å². The minimum Gasteiger partial charge on any atom is -0.489 e. The summed E-state index contributed by atoms with van der Waals surface area (Å²) in [5.41, 5.74) is 1.57. The number of nitrogens with one attached hydrogen (secondary N) is 2. The molecule has 0 bridgehead atoms. The summed E-state index contributed by atoms with van der Waals surface area (Å²) < 4.78 is 7.50. The fraction of sp³-hybridized carbons (Fsp3) is 0.522. The lowest BCUT2D eigenvalue weighted by molar-refractivity contribution is -0.164. The van der Waals surface area contributed by atoms with E-state index in [0.717, 1.165) is 87.7 Å². The highest BCUT2D eigenvalue weighted by Crippen LogP contribution is 2.55. The number of imide groups is 1. The molecule has 16 heteroatoms. The number of anilines is 2. The maximum absolute atomic E-state index is 13.5. The Labute approximate surface area is 365 Å². The van der Waals surface area contributed by atoms with Crippen LogP contribution in [0.2, 0.25) is 5.02 Å². The lowest BCUT2D eigenvalue weighted by Gasteiger charge is -2.63. The van der Waals surface area contributed by atoms with E-state index in [1.807, 2.05) is 30.3 Å². The number of nitriles is 1. The van der Waals surface area contributed by atoms with Crippen molar-refractivity contribution in [1.29, 1.82) is 5.26 Å². The van der Waals surface area contributed by atoms with Crippen LogP contribution in [0.15, 0.2) is 59.5 Å². The summed E-state index contributed by atoms with van der Waals surface area (Å²) in [6.45, 7) is 15.4. The highest BCUT2D eigenvalue weighted by molar-refractivity contribution is 6.31. The van der Waals surface area contributed by atoms with Crippen LogP contribution in [0.4, 0.5) is 11.5 Å². The number of benzene rings is 2. The Morgan fingerprint density at radius 1 is 0.952 bits per heavy atom. The standard InChI is InChI=1S/C46H53ClN10O5/c1-44(2)42(45(3,4)43(44)62-32-8-5-29(23-48)34(47)22-32)51-39(59)30-6-11-37(49-24-30)55-17-13-28(14-18-55)25-54-19-15-46(16-20-54)26-56(27-46)31-7-9-35-33(21-31)41(61)57(53-52-35)36-10-12-38(58)50-40(36)60/h5-9,11,21-22,24,28,36,42-43H,10,12-20,25-27H2,1-4H3,(H,51,59)(H,50,58,60). The predicted octanol–water partition coefficient (Wildman–Crippen LogP) is 5.12. The van der Waals surface area contributed by atoms with E-state index in [0.29, 0.717) is 38.7 Å². The normalized spacial score (nSPS) is 24.5. The van der Waals surface area contributed by atoms with Crippen LogP contribution in [0.25, 0.3) is 10.9 Å². The quantitative estimate of drug-likeness (QED) is 0.213. The molecule has 5 fully saturated rings. The largest absolute Gasteiger partial charge is 0.489 e. The number of amides is 3. The molecule has 2 aromatic heterocycles. The first-order valence-corrected chi connectivity index (χ1v) is 22.1. The summed E-state index contributed by atoms with van der Waals surface area (Å²) in [5.74, 6) is 1.10. The van der Waals surface area contributed by atoms with Gasteiger partial charge < -0.3 is 24.8 Å². The molecule has 1 atom stereocenters. The molecular formula is C46H53ClN10O5. The Hall–Kier alpha value is -5.59. The average Bonchev–Trinajstić information content (AvgIpc) is 3.25. The maximum Gasteiger partial charge on any atom is 0.278 e. The number of carbonyl (C=O) groups is 3. The summed E-state index contributed by atoms with van der Waals surface area (Å²) in [6.07, 6.45) is 6.37. The summed E-state index contributed by atoms with van der Waals surface area (Å²) >= 11 is 6.26. The number of halogens is 1. The molecule has 6 heterocycles. The monoisotopic (exact) mass is 860 g/mol. The summed E-state index contributed by atoms with van der Waals surface area (Å²) in [5, 5.41) is 23.8. The van der Waals surface area contributed by atoms with E-state index in [-0.39, 0.29) is 58.6 Å². The van der Waals surface area contributed by atoms with E-state index < -0.39 is 11.9 Å². The number of pyridine rings is 1. The molecule has 9 rings (SSSR count). The zero-order valence-corrected chi connectivity index (χ0v) is 36.5. The molecule has 1 saturated carbocycles. The van der Waals surface area contributed by atoms with Crippen molar-refractivity contribution in [3.05, 3.63) is 81.2 Å². The number of hydrogen-bond acceptors (Lipinski definition) is 12. The first-order chi connectivity index (χ1) is 29.6. The number of fused-ring (bicyclic) bond motifs is 1. The SMILES string of the molecule is CC1(C)C(NC(=O)c2ccc(N3CCC(CN4CCC5(CC4)CN(c4ccc6nnn(C7CCC(=O)NC7=O)c(=O)c6c4)C5)CC3)nc2)C(C)(C)C1Oc1ccc(C#N)c(Cl)c1. The number of ether oxygens (including phenoxy) is 1. The van der Waals surface area contributed by atoms with Crippen molar-refractivity contribution >= 4 is 51.7 Å². The molecule has 1 unspecified atom stereocenters. The zero-order chi connectivity index (χ0) is 43.6. The fourth-order valence-corrected chi connectivity index (χ4v) is 11.3. The van der Waals surface area contributed by atoms with Crippen LogP contribution in [-0.4, -0.2) is 101 Å². The van der Waals surface area contributed by atoms with E-state index in [2.05, 4.69) is 69.4 Å². The number of nitrogens with zero attached hydrogens (tertiary/aromatic N) is 8. The molecule has 4 aromatic rings. The molecule has 1 aliphatic carbocycles. The highest BCUT2D eigenvalue weighted by atomic mass is 35.5. The second kappa shape index (κ2) is 16.0. The van der Waals surface area contributed by atoms with Gasteiger partial charge in [-0.05, 0) is 93.6 Å². The Kier molecular flexibility index (Phi) is 10.7. The smallest absolute Gasteiger partial charge is 0.278 e. The van der Waals surface area contributed by atoms with Gasteiger partial charge >= 0.3 is 0 Å². The van der Waals surface area contributed by atoms with E-state index in [1.165, 1.54) is 0 Å². The molecule has 2 aromatic carbocycles. The van der Waals surface area contributed by atoms with Crippen molar-refractivity contribution in [1.82, 2.24) is 35.5 Å². The molecule has 15 nitrogen and oxygen atoms in total. The van der Waals surface area contributed by atoms with Gasteiger partial charge in [0.2, 0.25) is 5.91 Å². The van der Waals surface area contributed by atoms with Crippen molar-refractivity contribution in [2.45, 2.75) is 84.4 Å². The van der Waals surface area contributed by atoms with Gasteiger partial charge in [-0.2, -0.15) is 9.94 Å². The van der Waals surface area contributed by atoms with Crippen LogP contribution in [0.1, 0.15) is 88.2 Å². The Morgan fingerprint density at radius 2 is 1.69 bits per heavy atom. The topological polar surface area (TPSA) is 179 Å². The summed E-state index contributed by atoms with van der Waals surface area (Å²) in [4.78, 5) is 63.0. The minimum atomic E-state index is -0.845. The second-order valence-corrected chi connectivity index (χ2v) is 19.7. The Bertz CT molecular complexity index is 2500. The Morgan fingerprint density at radius 3 is 2.35 bits per heavy atom. The molecule has 1 spiro atoms. The number of likely N-dealkylation sites (tertiary alicyclic amines) is 1. The van der Waals surface area contributed by atoms with Crippen LogP contribution in [0, 0.1) is 33.5 Å². The van der Waals surface area contributed by atoms with Gasteiger partial charge in [0.05, 0.1) is 21.5 Å². The van der Waals surface area contributed by atoms with Crippen LogP contribution < -0.4 is 30.7 Å². The minimum absolute atomic E-state index is 0.140. The van der Waals surface area contributed by atoms with Gasteiger partial charge in [0.15, 0.2) is 0 Å². The molecule has 5 aliphatic rings. The molecule has 2 N–H and O–H groups in total. The Balaban J connectivity index is 0.723. The first-order valence-electron chi connectivity index (χ1n) is 21.7. The molecule has 3 amide bonds. The van der Waals surface area contributed by atoms with Crippen LogP contribution in [0.3, 0.4) is 0 Å². The van der Waals surface area contributed by atoms with Gasteiger partial charge in [0.25, 0.3) is 17.4 Å². The number of carbonyl (C=O) groups excluding carboxylic acids is 3. The molecule has 4 aliphatic heterocycles. The zero-order valence-electron chi connectivity index (χ0n) is 35.7. The third-order valence-corrected chi connectivity index (χ3v) is 14.7. The summed E-state index contributed by atoms with van der Waals surface area (Å²) in [7, 11) is 0. The number of rotatable bonds is 9. The number of hydrogen-bond donors (Lipinski definition) is 2. The van der Waals surface area contributed by atoms with Crippen LogP contribution in [0.5, 0.6) is 5.75 Å². The van der Waals surface area contributed by atoms with Crippen molar-refractivity contribution in [2.75, 3.05) is 55.6 Å². The van der Waals surface area contributed by atoms with Gasteiger partial charge in [-0.3, -0.25) is 24.5 Å². The third-order valence-electron chi connectivity index (χ3n) is 14.4. The van der Waals surface area contributed by atoms with E-state index in [1.54, 1.807) is 24.4 Å². The molecule has 324 valence electrons. The van der Waals surface area contributed by atoms with Gasteiger partial charge in [-0.25, -0.2) is 4.98 Å². The predicted molar refractivity (Wildman–Crippen MR) is 234 cm³/mol. The van der Waals surface area contributed by atoms with E-state index in [9.17, 15) is 24.4 Å². The third kappa shape index (κ3) is 7.65. The molecule has 4 saturated heterocycles. The van der Waals surface area contributed by atoms with E-state index in [4.69, 9.17) is 21.3 Å². The molecule has 62 heavy (non-hydrogen) atoms. The van der Waals surface area contributed by atoms with Gasteiger partial charge in [-0.15, -0.1) is 5.10 Å². The number of piperidine rings is 3. The maximum atomic E-state index is 13.5. The van der Waals surface area contributed by atoms with Crippen molar-refractivity contribution in [3.8, 4) is 11.8 Å². The van der Waals surface area contributed by atoms with Gasteiger partial charge in [0.1, 0.15) is 35.3 Å². The van der Waals surface area contributed by atoms with Crippen molar-refractivity contribution in [3.63, 3.8) is 0 Å². The fourth-order valence-electron chi connectivity index (χ4n) is 11.1. The van der Waals surface area contributed by atoms with Crippen molar-refractivity contribution in [2.24, 2.45) is 22.2 Å². The lowest BCUT2D eigenvalue weighted by atomic mass is 9.49. The molecule has 0 radical (unpaired) electrons. The van der Waals surface area contributed by atoms with Gasteiger partial charge in [0, 0.05) is 79.4 Å².